The molecule has 7 nitrogen and oxygen atoms in total. The Labute approximate surface area is 158 Å². The van der Waals surface area contributed by atoms with Gasteiger partial charge in [0.15, 0.2) is 6.61 Å². The molecule has 1 aromatic heterocycles. The van der Waals surface area contributed by atoms with Gasteiger partial charge in [-0.05, 0) is 44.6 Å². The average molecular weight is 403 g/mol. The quantitative estimate of drug-likeness (QED) is 0.704. The molecule has 0 bridgehead atoms. The minimum Gasteiger partial charge on any atom is -0.455 e. The van der Waals surface area contributed by atoms with E-state index in [-0.39, 0.29) is 28.8 Å². The number of hydrogen-bond acceptors (Lipinski definition) is 6. The van der Waals surface area contributed by atoms with Crippen LogP contribution in [0, 0.1) is 5.92 Å². The number of amides is 1. The van der Waals surface area contributed by atoms with Gasteiger partial charge in [0, 0.05) is 18.6 Å². The van der Waals surface area contributed by atoms with Crippen LogP contribution in [0.5, 0.6) is 0 Å². The van der Waals surface area contributed by atoms with Crippen molar-refractivity contribution in [3.8, 4) is 0 Å². The summed E-state index contributed by atoms with van der Waals surface area (Å²) in [4.78, 5) is 24.2. The Morgan fingerprint density at radius 1 is 1.42 bits per heavy atom. The topological polar surface area (TPSA) is 92.8 Å². The second kappa shape index (κ2) is 8.49. The number of hydrogen-bond donors (Lipinski definition) is 1. The highest BCUT2D eigenvalue weighted by Gasteiger charge is 2.34. The van der Waals surface area contributed by atoms with Gasteiger partial charge in [0.1, 0.15) is 4.21 Å². The first-order valence-corrected chi connectivity index (χ1v) is 11.0. The first-order chi connectivity index (χ1) is 12.2. The van der Waals surface area contributed by atoms with Gasteiger partial charge in [-0.15, -0.1) is 11.3 Å². The maximum atomic E-state index is 12.6. The molecule has 0 aliphatic carbocycles. The van der Waals surface area contributed by atoms with E-state index in [4.69, 9.17) is 4.74 Å². The normalized spacial score (nSPS) is 19.1. The molecule has 9 heteroatoms. The van der Waals surface area contributed by atoms with E-state index in [2.05, 4.69) is 5.32 Å². The standard InChI is InChI=1S/C17H26N2O5S2/c1-4-17(2,3)18-14(20)12-24-16(21)13-7-5-9-19(11-13)26(22,23)15-8-6-10-25-15/h6,8,10,13H,4-5,7,9,11-12H2,1-3H3,(H,18,20). The molecule has 1 amide bonds. The number of thiophene rings is 1. The molecule has 146 valence electrons. The molecule has 0 aromatic carbocycles. The molecule has 2 rings (SSSR count). The summed E-state index contributed by atoms with van der Waals surface area (Å²) >= 11 is 1.16. The van der Waals surface area contributed by atoms with Gasteiger partial charge in [-0.1, -0.05) is 13.0 Å². The number of rotatable bonds is 7. The number of sulfonamides is 1. The molecule has 1 aliphatic rings. The van der Waals surface area contributed by atoms with Crippen LogP contribution in [-0.4, -0.2) is 49.8 Å². The van der Waals surface area contributed by atoms with Crippen molar-refractivity contribution in [1.82, 2.24) is 9.62 Å². The van der Waals surface area contributed by atoms with Crippen molar-refractivity contribution in [3.63, 3.8) is 0 Å². The molecule has 1 saturated heterocycles. The van der Waals surface area contributed by atoms with Crippen molar-refractivity contribution in [2.45, 2.75) is 49.8 Å². The van der Waals surface area contributed by atoms with E-state index < -0.39 is 21.9 Å². The molecule has 0 spiro atoms. The summed E-state index contributed by atoms with van der Waals surface area (Å²) in [7, 11) is -3.58. The smallest absolute Gasteiger partial charge is 0.310 e. The fraction of sp³-hybridized carbons (Fsp3) is 0.647. The van der Waals surface area contributed by atoms with E-state index in [1.165, 1.54) is 4.31 Å². The van der Waals surface area contributed by atoms with Gasteiger partial charge >= 0.3 is 5.97 Å². The SMILES string of the molecule is CCC(C)(C)NC(=O)COC(=O)C1CCCN(S(=O)(=O)c2cccs2)C1. The Balaban J connectivity index is 1.91. The lowest BCUT2D eigenvalue weighted by Crippen LogP contribution is -2.46. The predicted octanol–water partition coefficient (Wildman–Crippen LogP) is 2.00. The van der Waals surface area contributed by atoms with Gasteiger partial charge in [0.05, 0.1) is 5.92 Å². The summed E-state index contributed by atoms with van der Waals surface area (Å²) in [6.45, 7) is 5.85. The fourth-order valence-electron chi connectivity index (χ4n) is 2.65. The monoisotopic (exact) mass is 402 g/mol. The number of ether oxygens (including phenoxy) is 1. The highest BCUT2D eigenvalue weighted by molar-refractivity contribution is 7.91. The molecular formula is C17H26N2O5S2. The number of carbonyl (C=O) groups is 2. The largest absolute Gasteiger partial charge is 0.455 e. The van der Waals surface area contributed by atoms with Crippen molar-refractivity contribution in [2.24, 2.45) is 5.92 Å². The molecule has 0 saturated carbocycles. The van der Waals surface area contributed by atoms with Crippen LogP contribution in [0.2, 0.25) is 0 Å². The average Bonchev–Trinajstić information content (AvgIpc) is 3.15. The third kappa shape index (κ3) is 5.28. The minimum absolute atomic E-state index is 0.0845. The van der Waals surface area contributed by atoms with Crippen LogP contribution in [-0.2, 0) is 24.3 Å². The molecule has 1 aromatic rings. The van der Waals surface area contributed by atoms with Crippen LogP contribution < -0.4 is 5.32 Å². The maximum Gasteiger partial charge on any atom is 0.310 e. The first kappa shape index (κ1) is 20.9. The first-order valence-electron chi connectivity index (χ1n) is 8.67. The number of carbonyl (C=O) groups excluding carboxylic acids is 2. The molecule has 1 N–H and O–H groups in total. The summed E-state index contributed by atoms with van der Waals surface area (Å²) < 4.78 is 31.9. The van der Waals surface area contributed by atoms with E-state index in [0.29, 0.717) is 19.4 Å². The van der Waals surface area contributed by atoms with Crippen LogP contribution >= 0.6 is 11.3 Å². The zero-order valence-corrected chi connectivity index (χ0v) is 17.0. The van der Waals surface area contributed by atoms with Gasteiger partial charge in [-0.25, -0.2) is 8.42 Å². The molecule has 1 aliphatic heterocycles. The van der Waals surface area contributed by atoms with Crippen molar-refractivity contribution >= 4 is 33.2 Å². The van der Waals surface area contributed by atoms with Crippen molar-refractivity contribution in [3.05, 3.63) is 17.5 Å². The lowest BCUT2D eigenvalue weighted by molar-refractivity contribution is -0.154. The summed E-state index contributed by atoms with van der Waals surface area (Å²) in [5, 5.41) is 4.50. The molecule has 1 fully saturated rings. The summed E-state index contributed by atoms with van der Waals surface area (Å²) in [6.07, 6.45) is 1.89. The van der Waals surface area contributed by atoms with E-state index in [0.717, 1.165) is 17.8 Å². The second-order valence-electron chi connectivity index (χ2n) is 7.03. The van der Waals surface area contributed by atoms with E-state index in [1.807, 2.05) is 20.8 Å². The van der Waals surface area contributed by atoms with Crippen LogP contribution in [0.4, 0.5) is 0 Å². The van der Waals surface area contributed by atoms with Gasteiger partial charge in [-0.3, -0.25) is 9.59 Å². The van der Waals surface area contributed by atoms with Crippen molar-refractivity contribution in [1.29, 1.82) is 0 Å². The van der Waals surface area contributed by atoms with Crippen LogP contribution in [0.1, 0.15) is 40.0 Å². The molecule has 2 heterocycles. The number of esters is 1. The van der Waals surface area contributed by atoms with E-state index in [1.54, 1.807) is 17.5 Å². The van der Waals surface area contributed by atoms with Gasteiger partial charge in [-0.2, -0.15) is 4.31 Å². The molecule has 0 radical (unpaired) electrons. The van der Waals surface area contributed by atoms with Crippen LogP contribution in [0.15, 0.2) is 21.7 Å². The summed E-state index contributed by atoms with van der Waals surface area (Å²) in [6, 6.07) is 3.24. The molecule has 26 heavy (non-hydrogen) atoms. The third-order valence-corrected chi connectivity index (χ3v) is 7.75. The van der Waals surface area contributed by atoms with Crippen LogP contribution in [0.25, 0.3) is 0 Å². The maximum absolute atomic E-state index is 12.6. The highest BCUT2D eigenvalue weighted by Crippen LogP contribution is 2.26. The van der Waals surface area contributed by atoms with Crippen LogP contribution in [0.3, 0.4) is 0 Å². The predicted molar refractivity (Wildman–Crippen MR) is 99.3 cm³/mol. The molecule has 1 unspecified atom stereocenters. The van der Waals surface area contributed by atoms with E-state index >= 15 is 0 Å². The number of piperidine rings is 1. The molecular weight excluding hydrogens is 376 g/mol. The Kier molecular flexibility index (Phi) is 6.81. The Morgan fingerprint density at radius 3 is 2.77 bits per heavy atom. The van der Waals surface area contributed by atoms with E-state index in [9.17, 15) is 18.0 Å². The van der Waals surface area contributed by atoms with Gasteiger partial charge < -0.3 is 10.1 Å². The number of nitrogens with one attached hydrogen (secondary N) is 1. The number of nitrogens with zero attached hydrogens (tertiary/aromatic N) is 1. The fourth-order valence-corrected chi connectivity index (χ4v) is 5.32. The third-order valence-electron chi connectivity index (χ3n) is 4.51. The zero-order valence-electron chi connectivity index (χ0n) is 15.4. The minimum atomic E-state index is -3.58. The van der Waals surface area contributed by atoms with Gasteiger partial charge in [0.25, 0.3) is 15.9 Å². The van der Waals surface area contributed by atoms with Gasteiger partial charge in [0.2, 0.25) is 0 Å². The highest BCUT2D eigenvalue weighted by atomic mass is 32.2. The summed E-state index contributed by atoms with van der Waals surface area (Å²) in [5.41, 5.74) is -0.361. The zero-order chi connectivity index (χ0) is 19.4. The summed E-state index contributed by atoms with van der Waals surface area (Å²) in [5.74, 6) is -1.44. The van der Waals surface area contributed by atoms with Crippen molar-refractivity contribution < 1.29 is 22.7 Å². The van der Waals surface area contributed by atoms with Crippen molar-refractivity contribution in [2.75, 3.05) is 19.7 Å². The second-order valence-corrected chi connectivity index (χ2v) is 10.1. The Bertz CT molecular complexity index is 728. The lowest BCUT2D eigenvalue weighted by atomic mass is 10.00. The Hall–Kier alpha value is -1.45. The lowest BCUT2D eigenvalue weighted by Gasteiger charge is -2.30. The molecule has 1 atom stereocenters. The Morgan fingerprint density at radius 2 is 2.15 bits per heavy atom.